The number of fused-ring (bicyclic) bond motifs is 4. The summed E-state index contributed by atoms with van der Waals surface area (Å²) in [4.78, 5) is 55.6. The number of amides is 5. The fraction of sp³-hybridized carbons (Fsp3) is 0.565. The van der Waals surface area contributed by atoms with E-state index in [4.69, 9.17) is 0 Å². The zero-order valence-electron chi connectivity index (χ0n) is 17.5. The molecule has 0 saturated carbocycles. The summed E-state index contributed by atoms with van der Waals surface area (Å²) in [6, 6.07) is 8.33. The fourth-order valence-electron chi connectivity index (χ4n) is 5.75. The highest BCUT2D eigenvalue weighted by molar-refractivity contribution is 6.05. The van der Waals surface area contributed by atoms with Gasteiger partial charge in [-0.15, -0.1) is 0 Å². The lowest BCUT2D eigenvalue weighted by Gasteiger charge is -2.52. The first-order valence-corrected chi connectivity index (χ1v) is 11.2. The smallest absolute Gasteiger partial charge is 0.325 e. The van der Waals surface area contributed by atoms with Crippen molar-refractivity contribution in [1.29, 1.82) is 0 Å². The molecule has 31 heavy (non-hydrogen) atoms. The van der Waals surface area contributed by atoms with Gasteiger partial charge in [0.2, 0.25) is 11.8 Å². The third-order valence-electron chi connectivity index (χ3n) is 7.20. The summed E-state index contributed by atoms with van der Waals surface area (Å²) in [5.41, 5.74) is 0.869. The Labute approximate surface area is 181 Å². The molecule has 8 nitrogen and oxygen atoms in total. The second kappa shape index (κ2) is 7.98. The third-order valence-corrected chi connectivity index (χ3v) is 7.20. The first-order valence-electron chi connectivity index (χ1n) is 11.2. The number of rotatable bonds is 4. The molecule has 0 spiro atoms. The van der Waals surface area contributed by atoms with Crippen LogP contribution in [0.3, 0.4) is 0 Å². The van der Waals surface area contributed by atoms with Crippen LogP contribution < -0.4 is 5.32 Å². The lowest BCUT2D eigenvalue weighted by molar-refractivity contribution is -0.149. The number of imide groups is 1. The van der Waals surface area contributed by atoms with Gasteiger partial charge in [0.15, 0.2) is 0 Å². The Hall–Kier alpha value is -2.90. The van der Waals surface area contributed by atoms with Crippen LogP contribution in [0.2, 0.25) is 0 Å². The highest BCUT2D eigenvalue weighted by Crippen LogP contribution is 2.38. The van der Waals surface area contributed by atoms with Crippen molar-refractivity contribution in [2.75, 3.05) is 19.6 Å². The number of likely N-dealkylation sites (tertiary alicyclic amines) is 1. The summed E-state index contributed by atoms with van der Waals surface area (Å²) in [6.07, 6.45) is 3.62. The van der Waals surface area contributed by atoms with Crippen LogP contribution in [0.4, 0.5) is 4.79 Å². The van der Waals surface area contributed by atoms with Crippen LogP contribution in [0.25, 0.3) is 0 Å². The number of hydrogen-bond acceptors (Lipinski definition) is 4. The molecule has 0 aromatic heterocycles. The number of nitrogens with zero attached hydrogens (tertiary/aromatic N) is 3. The second-order valence-corrected chi connectivity index (χ2v) is 9.28. The number of nitrogens with one attached hydrogen (secondary N) is 1. The molecule has 1 N–H and O–H groups in total. The molecule has 4 saturated heterocycles. The van der Waals surface area contributed by atoms with Crippen LogP contribution in [0, 0.1) is 11.8 Å². The first-order chi connectivity index (χ1) is 15.0. The molecule has 4 fully saturated rings. The topological polar surface area (TPSA) is 90.0 Å². The van der Waals surface area contributed by atoms with E-state index in [-0.39, 0.29) is 36.7 Å². The highest BCUT2D eigenvalue weighted by atomic mass is 16.2. The molecule has 4 aliphatic rings. The molecule has 1 aromatic rings. The predicted molar refractivity (Wildman–Crippen MR) is 111 cm³/mol. The average Bonchev–Trinajstić information content (AvgIpc) is 3.02. The molecule has 0 unspecified atom stereocenters. The minimum Gasteiger partial charge on any atom is -0.342 e. The monoisotopic (exact) mass is 424 g/mol. The summed E-state index contributed by atoms with van der Waals surface area (Å²) in [5.74, 6) is 0.422. The first kappa shape index (κ1) is 20.0. The largest absolute Gasteiger partial charge is 0.342 e. The zero-order valence-corrected chi connectivity index (χ0v) is 17.5. The van der Waals surface area contributed by atoms with E-state index in [2.05, 4.69) is 5.32 Å². The molecule has 4 aliphatic heterocycles. The van der Waals surface area contributed by atoms with Gasteiger partial charge < -0.3 is 15.1 Å². The van der Waals surface area contributed by atoms with Crippen molar-refractivity contribution in [3.63, 3.8) is 0 Å². The van der Waals surface area contributed by atoms with Gasteiger partial charge in [-0.2, -0.15) is 0 Å². The van der Waals surface area contributed by atoms with Crippen molar-refractivity contribution >= 4 is 23.8 Å². The summed E-state index contributed by atoms with van der Waals surface area (Å²) < 4.78 is 0. The Kier molecular flexibility index (Phi) is 5.16. The molecule has 2 bridgehead atoms. The minimum absolute atomic E-state index is 0.0113. The highest BCUT2D eigenvalue weighted by Gasteiger charge is 2.46. The van der Waals surface area contributed by atoms with Gasteiger partial charge in [0.1, 0.15) is 6.04 Å². The third kappa shape index (κ3) is 3.79. The molecule has 164 valence electrons. The summed E-state index contributed by atoms with van der Waals surface area (Å²) >= 11 is 0. The van der Waals surface area contributed by atoms with Crippen molar-refractivity contribution in [3.8, 4) is 0 Å². The van der Waals surface area contributed by atoms with E-state index >= 15 is 0 Å². The van der Waals surface area contributed by atoms with Gasteiger partial charge in [-0.25, -0.2) is 4.79 Å². The van der Waals surface area contributed by atoms with Crippen molar-refractivity contribution in [2.24, 2.45) is 11.8 Å². The van der Waals surface area contributed by atoms with E-state index in [9.17, 15) is 19.2 Å². The predicted octanol–water partition coefficient (Wildman–Crippen LogP) is 1.36. The van der Waals surface area contributed by atoms with Crippen LogP contribution in [-0.4, -0.2) is 70.2 Å². The molecule has 5 amide bonds. The van der Waals surface area contributed by atoms with E-state index in [0.717, 1.165) is 31.4 Å². The van der Waals surface area contributed by atoms with Gasteiger partial charge in [-0.1, -0.05) is 30.3 Å². The van der Waals surface area contributed by atoms with Crippen LogP contribution in [0.15, 0.2) is 30.3 Å². The van der Waals surface area contributed by atoms with Crippen LogP contribution >= 0.6 is 0 Å². The van der Waals surface area contributed by atoms with Crippen molar-refractivity contribution in [2.45, 2.75) is 50.7 Å². The Balaban J connectivity index is 1.21. The molecule has 4 atom stereocenters. The standard InChI is InChI=1S/C23H28N4O4/c28-20-8-4-7-19-17-9-16(13-26(19)20)11-25(14-17)21(29)10-18-22(30)27(23(31)24-18)12-15-5-2-1-3-6-15/h1-3,5-6,16-19H,4,7-14H2,(H,24,31)/t16-,17+,18+,19-/m1/s1. The molecule has 0 aliphatic carbocycles. The van der Waals surface area contributed by atoms with Gasteiger partial charge >= 0.3 is 6.03 Å². The lowest BCUT2D eigenvalue weighted by atomic mass is 9.76. The Morgan fingerprint density at radius 3 is 2.68 bits per heavy atom. The van der Waals surface area contributed by atoms with Crippen LogP contribution in [0.1, 0.15) is 37.7 Å². The van der Waals surface area contributed by atoms with Gasteiger partial charge in [-0.05, 0) is 36.7 Å². The molecule has 1 aromatic carbocycles. The average molecular weight is 425 g/mol. The van der Waals surface area contributed by atoms with Crippen molar-refractivity contribution in [3.05, 3.63) is 35.9 Å². The number of piperidine rings is 3. The molecule has 8 heteroatoms. The minimum atomic E-state index is -0.807. The molecular formula is C23H28N4O4. The summed E-state index contributed by atoms with van der Waals surface area (Å²) in [7, 11) is 0. The fourth-order valence-corrected chi connectivity index (χ4v) is 5.75. The van der Waals surface area contributed by atoms with E-state index in [1.807, 2.05) is 40.1 Å². The number of urea groups is 1. The quantitative estimate of drug-likeness (QED) is 0.739. The zero-order chi connectivity index (χ0) is 21.5. The Morgan fingerprint density at radius 2 is 1.87 bits per heavy atom. The van der Waals surface area contributed by atoms with Gasteiger partial charge in [0.05, 0.1) is 13.0 Å². The Bertz CT molecular complexity index is 904. The SMILES string of the molecule is O=C(C[C@@H]1NC(=O)N(Cc2ccccc2)C1=O)N1C[C@H]2C[C@@H](C1)[C@H]1CCCC(=O)N1C2. The Morgan fingerprint density at radius 1 is 1.06 bits per heavy atom. The number of hydrogen-bond donors (Lipinski definition) is 1. The number of benzene rings is 1. The summed E-state index contributed by atoms with van der Waals surface area (Å²) in [6.45, 7) is 2.18. The lowest BCUT2D eigenvalue weighted by Crippen LogP contribution is -2.61. The second-order valence-electron chi connectivity index (χ2n) is 9.28. The van der Waals surface area contributed by atoms with E-state index in [0.29, 0.717) is 31.3 Å². The van der Waals surface area contributed by atoms with Gasteiger partial charge in [0, 0.05) is 32.1 Å². The molecule has 0 radical (unpaired) electrons. The van der Waals surface area contributed by atoms with Crippen LogP contribution in [-0.2, 0) is 20.9 Å². The van der Waals surface area contributed by atoms with Crippen molar-refractivity contribution < 1.29 is 19.2 Å². The molecule has 4 heterocycles. The van der Waals surface area contributed by atoms with Crippen LogP contribution in [0.5, 0.6) is 0 Å². The maximum absolute atomic E-state index is 13.1. The number of carbonyl (C=O) groups is 4. The van der Waals surface area contributed by atoms with Crippen molar-refractivity contribution in [1.82, 2.24) is 20.0 Å². The van der Waals surface area contributed by atoms with E-state index in [1.54, 1.807) is 0 Å². The normalized spacial score (nSPS) is 30.3. The van der Waals surface area contributed by atoms with Gasteiger partial charge in [-0.3, -0.25) is 19.3 Å². The molecular weight excluding hydrogens is 396 g/mol. The maximum atomic E-state index is 13.1. The summed E-state index contributed by atoms with van der Waals surface area (Å²) in [5, 5.41) is 2.68. The maximum Gasteiger partial charge on any atom is 0.325 e. The number of carbonyl (C=O) groups excluding carboxylic acids is 4. The molecule has 5 rings (SSSR count). The van der Waals surface area contributed by atoms with E-state index < -0.39 is 12.1 Å². The van der Waals surface area contributed by atoms with Gasteiger partial charge in [0.25, 0.3) is 5.91 Å². The van der Waals surface area contributed by atoms with E-state index in [1.165, 1.54) is 4.90 Å².